The van der Waals surface area contributed by atoms with Gasteiger partial charge >= 0.3 is 0 Å². The van der Waals surface area contributed by atoms with Gasteiger partial charge in [-0.1, -0.05) is 12.1 Å². The van der Waals surface area contributed by atoms with Crippen LogP contribution < -0.4 is 15.4 Å². The van der Waals surface area contributed by atoms with Crippen molar-refractivity contribution in [2.24, 2.45) is 5.73 Å². The summed E-state index contributed by atoms with van der Waals surface area (Å²) in [5, 5.41) is 0. The lowest BCUT2D eigenvalue weighted by Gasteiger charge is -2.38. The molecule has 1 fully saturated rings. The number of fused-ring (bicyclic) bond motifs is 2. The molecule has 0 aliphatic carbocycles. The van der Waals surface area contributed by atoms with E-state index in [4.69, 9.17) is 10.5 Å². The van der Waals surface area contributed by atoms with E-state index in [1.807, 2.05) is 60.3 Å². The first-order valence-electron chi connectivity index (χ1n) is 9.55. The van der Waals surface area contributed by atoms with Gasteiger partial charge in [-0.05, 0) is 48.7 Å². The predicted octanol–water partition coefficient (Wildman–Crippen LogP) is 2.78. The summed E-state index contributed by atoms with van der Waals surface area (Å²) in [5.41, 5.74) is 10.1. The van der Waals surface area contributed by atoms with Crippen LogP contribution in [0.4, 0.5) is 5.69 Å². The van der Waals surface area contributed by atoms with Crippen LogP contribution in [0.2, 0.25) is 0 Å². The highest BCUT2D eigenvalue weighted by Gasteiger charge is 2.43. The summed E-state index contributed by atoms with van der Waals surface area (Å²) in [5.74, 6) is 1.09. The smallest absolute Gasteiger partial charge is 0.253 e. The van der Waals surface area contributed by atoms with E-state index in [0.29, 0.717) is 13.2 Å². The molecule has 5 nitrogen and oxygen atoms in total. The van der Waals surface area contributed by atoms with Gasteiger partial charge in [0.1, 0.15) is 5.75 Å². The lowest BCUT2D eigenvalue weighted by atomic mass is 9.74. The van der Waals surface area contributed by atoms with Crippen molar-refractivity contribution >= 4 is 11.6 Å². The third-order valence-electron chi connectivity index (χ3n) is 5.99. The van der Waals surface area contributed by atoms with E-state index in [1.165, 1.54) is 5.56 Å². The number of hydrogen-bond acceptors (Lipinski definition) is 4. The lowest BCUT2D eigenvalue weighted by molar-refractivity contribution is 0.0646. The molecule has 2 aromatic carbocycles. The van der Waals surface area contributed by atoms with Crippen LogP contribution in [-0.2, 0) is 12.0 Å². The summed E-state index contributed by atoms with van der Waals surface area (Å²) in [6.07, 6.45) is 1.85. The number of hydrogen-bond donors (Lipinski definition) is 1. The van der Waals surface area contributed by atoms with Crippen LogP contribution in [-0.4, -0.2) is 44.6 Å². The van der Waals surface area contributed by atoms with E-state index in [1.54, 1.807) is 0 Å². The first-order chi connectivity index (χ1) is 13.0. The Morgan fingerprint density at radius 3 is 2.48 bits per heavy atom. The maximum Gasteiger partial charge on any atom is 0.253 e. The van der Waals surface area contributed by atoms with E-state index in [2.05, 4.69) is 6.07 Å². The molecule has 2 N–H and O–H groups in total. The number of benzene rings is 2. The molecule has 1 saturated heterocycles. The molecule has 2 aromatic rings. The van der Waals surface area contributed by atoms with Crippen molar-refractivity contribution in [2.45, 2.75) is 24.8 Å². The van der Waals surface area contributed by atoms with Gasteiger partial charge in [0.05, 0.1) is 6.61 Å². The van der Waals surface area contributed by atoms with Gasteiger partial charge < -0.3 is 20.3 Å². The number of carbonyl (C=O) groups is 1. The SMILES string of the molecule is CN(C)c1ccc(C(=O)N2CCC3(CC2)COc2ccc(CN)cc23)cc1. The number of anilines is 1. The number of carbonyl (C=O) groups excluding carboxylic acids is 1. The third kappa shape index (κ3) is 3.16. The van der Waals surface area contributed by atoms with E-state index in [9.17, 15) is 4.79 Å². The Morgan fingerprint density at radius 1 is 1.15 bits per heavy atom. The second kappa shape index (κ2) is 6.89. The predicted molar refractivity (Wildman–Crippen MR) is 107 cm³/mol. The van der Waals surface area contributed by atoms with Crippen molar-refractivity contribution in [1.82, 2.24) is 4.90 Å². The normalized spacial score (nSPS) is 17.5. The summed E-state index contributed by atoms with van der Waals surface area (Å²) in [7, 11) is 4.00. The number of ether oxygens (including phenoxy) is 1. The van der Waals surface area contributed by atoms with Crippen molar-refractivity contribution in [3.63, 3.8) is 0 Å². The van der Waals surface area contributed by atoms with Crippen LogP contribution in [0.25, 0.3) is 0 Å². The van der Waals surface area contributed by atoms with Crippen LogP contribution in [0.15, 0.2) is 42.5 Å². The molecule has 0 aromatic heterocycles. The van der Waals surface area contributed by atoms with Crippen LogP contribution in [0.1, 0.15) is 34.3 Å². The molecule has 4 rings (SSSR count). The van der Waals surface area contributed by atoms with E-state index in [-0.39, 0.29) is 11.3 Å². The molecule has 2 heterocycles. The molecule has 0 unspecified atom stereocenters. The lowest BCUT2D eigenvalue weighted by Crippen LogP contribution is -2.46. The van der Waals surface area contributed by atoms with Gasteiger partial charge in [-0.25, -0.2) is 0 Å². The van der Waals surface area contributed by atoms with Gasteiger partial charge in [0.2, 0.25) is 0 Å². The molecule has 1 spiro atoms. The topological polar surface area (TPSA) is 58.8 Å². The Kier molecular flexibility index (Phi) is 4.56. The zero-order chi connectivity index (χ0) is 19.0. The fraction of sp³-hybridized carbons (Fsp3) is 0.409. The number of amides is 1. The Morgan fingerprint density at radius 2 is 1.85 bits per heavy atom. The van der Waals surface area contributed by atoms with Gasteiger partial charge in [-0.2, -0.15) is 0 Å². The van der Waals surface area contributed by atoms with Crippen molar-refractivity contribution in [2.75, 3.05) is 38.7 Å². The second-order valence-corrected chi connectivity index (χ2v) is 7.84. The highest BCUT2D eigenvalue weighted by molar-refractivity contribution is 5.94. The van der Waals surface area contributed by atoms with Gasteiger partial charge in [0.25, 0.3) is 5.91 Å². The van der Waals surface area contributed by atoms with Crippen LogP contribution in [0, 0.1) is 0 Å². The van der Waals surface area contributed by atoms with Gasteiger partial charge in [-0.3, -0.25) is 4.79 Å². The molecule has 5 heteroatoms. The Balaban J connectivity index is 1.48. The van der Waals surface area contributed by atoms with E-state index >= 15 is 0 Å². The Hall–Kier alpha value is -2.53. The fourth-order valence-electron chi connectivity index (χ4n) is 4.17. The monoisotopic (exact) mass is 365 g/mol. The summed E-state index contributed by atoms with van der Waals surface area (Å²) in [4.78, 5) is 16.9. The molecular weight excluding hydrogens is 338 g/mol. The summed E-state index contributed by atoms with van der Waals surface area (Å²) < 4.78 is 5.96. The van der Waals surface area contributed by atoms with Crippen LogP contribution >= 0.6 is 0 Å². The van der Waals surface area contributed by atoms with Crippen molar-refractivity contribution in [3.05, 3.63) is 59.2 Å². The molecule has 0 atom stereocenters. The van der Waals surface area contributed by atoms with Gasteiger partial charge in [0.15, 0.2) is 0 Å². The molecule has 2 aliphatic rings. The van der Waals surface area contributed by atoms with E-state index < -0.39 is 0 Å². The summed E-state index contributed by atoms with van der Waals surface area (Å²) in [6, 6.07) is 14.1. The number of nitrogens with zero attached hydrogens (tertiary/aromatic N) is 2. The van der Waals surface area contributed by atoms with E-state index in [0.717, 1.165) is 48.5 Å². The number of rotatable bonds is 3. The van der Waals surface area contributed by atoms with Crippen LogP contribution in [0.3, 0.4) is 0 Å². The minimum atomic E-state index is 0.0199. The standard InChI is InChI=1S/C22H27N3O2/c1-24(2)18-6-4-17(5-7-18)21(26)25-11-9-22(10-12-25)15-27-20-8-3-16(14-23)13-19(20)22/h3-8,13H,9-12,14-15,23H2,1-2H3. The van der Waals surface area contributed by atoms with Crippen LogP contribution in [0.5, 0.6) is 5.75 Å². The molecule has 1 amide bonds. The summed E-state index contributed by atoms with van der Waals surface area (Å²) >= 11 is 0. The second-order valence-electron chi connectivity index (χ2n) is 7.84. The largest absolute Gasteiger partial charge is 0.492 e. The molecule has 0 radical (unpaired) electrons. The highest BCUT2D eigenvalue weighted by atomic mass is 16.5. The minimum absolute atomic E-state index is 0.0199. The number of likely N-dealkylation sites (tertiary alicyclic amines) is 1. The average Bonchev–Trinajstić information content (AvgIpc) is 3.05. The highest BCUT2D eigenvalue weighted by Crippen LogP contribution is 2.46. The molecule has 0 saturated carbocycles. The quantitative estimate of drug-likeness (QED) is 0.909. The average molecular weight is 365 g/mol. The Bertz CT molecular complexity index is 837. The Labute approximate surface area is 160 Å². The minimum Gasteiger partial charge on any atom is -0.492 e. The van der Waals surface area contributed by atoms with Crippen molar-refractivity contribution < 1.29 is 9.53 Å². The fourth-order valence-corrected chi connectivity index (χ4v) is 4.17. The number of piperidine rings is 1. The van der Waals surface area contributed by atoms with Gasteiger partial charge in [0, 0.05) is 56.0 Å². The molecular formula is C22H27N3O2. The number of nitrogens with two attached hydrogens (primary N) is 1. The molecule has 0 bridgehead atoms. The first-order valence-corrected chi connectivity index (χ1v) is 9.55. The maximum atomic E-state index is 12.9. The zero-order valence-electron chi connectivity index (χ0n) is 16.1. The molecule has 142 valence electrons. The third-order valence-corrected chi connectivity index (χ3v) is 5.99. The first kappa shape index (κ1) is 17.9. The van der Waals surface area contributed by atoms with Crippen molar-refractivity contribution in [1.29, 1.82) is 0 Å². The molecule has 27 heavy (non-hydrogen) atoms. The van der Waals surface area contributed by atoms with Gasteiger partial charge in [-0.15, -0.1) is 0 Å². The van der Waals surface area contributed by atoms with Crippen molar-refractivity contribution in [3.8, 4) is 5.75 Å². The molecule has 2 aliphatic heterocycles. The summed E-state index contributed by atoms with van der Waals surface area (Å²) in [6.45, 7) is 2.75. The maximum absolute atomic E-state index is 12.9. The zero-order valence-corrected chi connectivity index (χ0v) is 16.1.